The summed E-state index contributed by atoms with van der Waals surface area (Å²) in [5.74, 6) is -3.94. The largest absolute Gasteiger partial charge is 0.490 e. The van der Waals surface area contributed by atoms with Crippen molar-refractivity contribution in [1.29, 1.82) is 0 Å². The van der Waals surface area contributed by atoms with Crippen LogP contribution in [0.15, 0.2) is 12.1 Å². The van der Waals surface area contributed by atoms with Crippen molar-refractivity contribution in [3.05, 3.63) is 29.1 Å². The van der Waals surface area contributed by atoms with Crippen molar-refractivity contribution in [2.24, 2.45) is 0 Å². The highest BCUT2D eigenvalue weighted by atomic mass is 32.2. The first-order chi connectivity index (χ1) is 11.1. The summed E-state index contributed by atoms with van der Waals surface area (Å²) in [4.78, 5) is 23.2. The summed E-state index contributed by atoms with van der Waals surface area (Å²) in [5, 5.41) is 8.99. The van der Waals surface area contributed by atoms with Crippen LogP contribution >= 0.6 is 0 Å². The van der Waals surface area contributed by atoms with Crippen molar-refractivity contribution in [2.45, 2.75) is 25.4 Å². The molecule has 2 rings (SSSR count). The molecule has 1 aromatic carbocycles. The number of carbonyl (C=O) groups excluding carboxylic acids is 1. The Morgan fingerprint density at radius 1 is 1.29 bits per heavy atom. The Hall–Kier alpha value is -2.20. The molecule has 0 bridgehead atoms. The number of ether oxygens (including phenoxy) is 1. The lowest BCUT2D eigenvalue weighted by Gasteiger charge is -2.27. The normalized spacial score (nSPS) is 15.0. The van der Waals surface area contributed by atoms with E-state index < -0.39 is 33.5 Å². The Labute approximate surface area is 138 Å². The van der Waals surface area contributed by atoms with E-state index in [1.54, 1.807) is 4.72 Å². The molecule has 1 aliphatic rings. The minimum Gasteiger partial charge on any atom is -0.490 e. The molecule has 0 radical (unpaired) electrons. The van der Waals surface area contributed by atoms with Crippen molar-refractivity contribution in [2.75, 3.05) is 14.1 Å². The van der Waals surface area contributed by atoms with E-state index in [9.17, 15) is 22.4 Å². The van der Waals surface area contributed by atoms with Gasteiger partial charge in [0.25, 0.3) is 5.91 Å². The minimum atomic E-state index is -4.08. The number of carboxylic acid groups (broad SMARTS) is 1. The molecule has 0 heterocycles. The van der Waals surface area contributed by atoms with Crippen molar-refractivity contribution in [1.82, 2.24) is 9.03 Å². The van der Waals surface area contributed by atoms with Crippen LogP contribution in [0.5, 0.6) is 5.75 Å². The molecule has 0 saturated heterocycles. The van der Waals surface area contributed by atoms with Gasteiger partial charge < -0.3 is 9.84 Å². The highest BCUT2D eigenvalue weighted by molar-refractivity contribution is 7.87. The number of carbonyl (C=O) groups is 2. The molecular formula is C14H17FN2O6S. The second-order valence-electron chi connectivity index (χ2n) is 5.52. The van der Waals surface area contributed by atoms with Gasteiger partial charge in [-0.15, -0.1) is 0 Å². The second kappa shape index (κ2) is 6.73. The van der Waals surface area contributed by atoms with Crippen LogP contribution in [0.2, 0.25) is 0 Å². The van der Waals surface area contributed by atoms with E-state index in [0.717, 1.165) is 29.6 Å². The number of halogens is 1. The molecule has 1 fully saturated rings. The summed E-state index contributed by atoms with van der Waals surface area (Å²) in [6.45, 7) is 0. The zero-order chi connectivity index (χ0) is 18.1. The number of hydrogen-bond acceptors (Lipinski definition) is 5. The summed E-state index contributed by atoms with van der Waals surface area (Å²) in [5.41, 5.74) is -1.04. The molecule has 8 nitrogen and oxygen atoms in total. The van der Waals surface area contributed by atoms with E-state index in [1.165, 1.54) is 14.1 Å². The van der Waals surface area contributed by atoms with Gasteiger partial charge in [0.1, 0.15) is 11.6 Å². The summed E-state index contributed by atoms with van der Waals surface area (Å²) in [6, 6.07) is 1.56. The van der Waals surface area contributed by atoms with E-state index in [2.05, 4.69) is 0 Å². The monoisotopic (exact) mass is 360 g/mol. The van der Waals surface area contributed by atoms with Crippen molar-refractivity contribution in [3.8, 4) is 5.75 Å². The van der Waals surface area contributed by atoms with Crippen LogP contribution < -0.4 is 9.46 Å². The molecule has 0 spiro atoms. The summed E-state index contributed by atoms with van der Waals surface area (Å²) in [6.07, 6.45) is 2.15. The standard InChI is InChI=1S/C14H17FN2O6S/c1-17(2)24(21,22)16-13(18)10-6-11(15)9(14(19)20)7-12(10)23-8-4-3-5-8/h6-8H,3-5H2,1-2H3,(H,16,18)(H,19,20). The lowest BCUT2D eigenvalue weighted by atomic mass is 9.96. The molecule has 10 heteroatoms. The van der Waals surface area contributed by atoms with Crippen molar-refractivity contribution < 1.29 is 32.2 Å². The van der Waals surface area contributed by atoms with Crippen LogP contribution in [-0.4, -0.2) is 49.9 Å². The Bertz CT molecular complexity index is 774. The third-order valence-electron chi connectivity index (χ3n) is 3.59. The summed E-state index contributed by atoms with van der Waals surface area (Å²) >= 11 is 0. The maximum Gasteiger partial charge on any atom is 0.338 e. The zero-order valence-corrected chi connectivity index (χ0v) is 13.9. The second-order valence-corrected chi connectivity index (χ2v) is 7.41. The molecule has 0 aromatic heterocycles. The number of nitrogens with zero attached hydrogens (tertiary/aromatic N) is 1. The number of benzene rings is 1. The van der Waals surface area contributed by atoms with Gasteiger partial charge in [-0.2, -0.15) is 12.7 Å². The number of aromatic carboxylic acids is 1. The maximum atomic E-state index is 13.9. The number of amides is 1. The highest BCUT2D eigenvalue weighted by Gasteiger charge is 2.27. The molecule has 132 valence electrons. The highest BCUT2D eigenvalue weighted by Crippen LogP contribution is 2.30. The Morgan fingerprint density at radius 3 is 2.38 bits per heavy atom. The predicted molar refractivity (Wildman–Crippen MR) is 81.7 cm³/mol. The van der Waals surface area contributed by atoms with Crippen LogP contribution in [0.1, 0.15) is 40.0 Å². The molecule has 0 unspecified atom stereocenters. The average Bonchev–Trinajstić information content (AvgIpc) is 2.42. The Balaban J connectivity index is 2.40. The fourth-order valence-electron chi connectivity index (χ4n) is 1.92. The smallest absolute Gasteiger partial charge is 0.338 e. The van der Waals surface area contributed by atoms with E-state index in [-0.39, 0.29) is 17.4 Å². The first-order valence-electron chi connectivity index (χ1n) is 7.10. The fraction of sp³-hybridized carbons (Fsp3) is 0.429. The molecule has 0 aliphatic heterocycles. The molecular weight excluding hydrogens is 343 g/mol. The zero-order valence-electron chi connectivity index (χ0n) is 13.1. The SMILES string of the molecule is CN(C)S(=O)(=O)NC(=O)c1cc(F)c(C(=O)O)cc1OC1CCC1. The van der Waals surface area contributed by atoms with Crippen LogP contribution in [0.3, 0.4) is 0 Å². The summed E-state index contributed by atoms with van der Waals surface area (Å²) < 4.78 is 45.4. The predicted octanol–water partition coefficient (Wildman–Crippen LogP) is 0.991. The average molecular weight is 360 g/mol. The third-order valence-corrected chi connectivity index (χ3v) is 5.00. The third kappa shape index (κ3) is 3.82. The Kier molecular flexibility index (Phi) is 5.09. The number of rotatable bonds is 6. The van der Waals surface area contributed by atoms with Gasteiger partial charge in [-0.05, 0) is 31.4 Å². The van der Waals surface area contributed by atoms with Gasteiger partial charge in [-0.3, -0.25) is 4.79 Å². The van der Waals surface area contributed by atoms with Gasteiger partial charge in [0.05, 0.1) is 17.2 Å². The molecule has 1 aliphatic carbocycles. The lowest BCUT2D eigenvalue weighted by Crippen LogP contribution is -2.39. The quantitative estimate of drug-likeness (QED) is 0.782. The lowest BCUT2D eigenvalue weighted by molar-refractivity contribution is 0.0688. The molecule has 24 heavy (non-hydrogen) atoms. The van der Waals surface area contributed by atoms with Gasteiger partial charge >= 0.3 is 16.2 Å². The van der Waals surface area contributed by atoms with Gasteiger partial charge in [-0.25, -0.2) is 13.9 Å². The molecule has 1 aromatic rings. The van der Waals surface area contributed by atoms with Crippen LogP contribution in [-0.2, 0) is 10.2 Å². The minimum absolute atomic E-state index is 0.162. The molecule has 2 N–H and O–H groups in total. The topological polar surface area (TPSA) is 113 Å². The van der Waals surface area contributed by atoms with Gasteiger partial charge in [0.2, 0.25) is 0 Å². The summed E-state index contributed by atoms with van der Waals surface area (Å²) in [7, 11) is -1.65. The van der Waals surface area contributed by atoms with E-state index in [0.29, 0.717) is 6.07 Å². The molecule has 1 amide bonds. The molecule has 1 saturated carbocycles. The van der Waals surface area contributed by atoms with Crippen molar-refractivity contribution in [3.63, 3.8) is 0 Å². The van der Waals surface area contributed by atoms with Gasteiger partial charge in [-0.1, -0.05) is 0 Å². The van der Waals surface area contributed by atoms with Crippen LogP contribution in [0.25, 0.3) is 0 Å². The molecule has 0 atom stereocenters. The number of carboxylic acids is 1. The van der Waals surface area contributed by atoms with Gasteiger partial charge in [0, 0.05) is 14.1 Å². The van der Waals surface area contributed by atoms with E-state index >= 15 is 0 Å². The maximum absolute atomic E-state index is 13.9. The van der Waals surface area contributed by atoms with Crippen molar-refractivity contribution >= 4 is 22.1 Å². The van der Waals surface area contributed by atoms with Crippen LogP contribution in [0, 0.1) is 5.82 Å². The number of hydrogen-bond donors (Lipinski definition) is 2. The first-order valence-corrected chi connectivity index (χ1v) is 8.54. The van der Waals surface area contributed by atoms with E-state index in [4.69, 9.17) is 9.84 Å². The fourth-order valence-corrected chi connectivity index (χ4v) is 2.45. The number of nitrogens with one attached hydrogen (secondary N) is 1. The van der Waals surface area contributed by atoms with Crippen LogP contribution in [0.4, 0.5) is 4.39 Å². The Morgan fingerprint density at radius 2 is 1.92 bits per heavy atom. The van der Waals surface area contributed by atoms with E-state index in [1.807, 2.05) is 0 Å². The van der Waals surface area contributed by atoms with Gasteiger partial charge in [0.15, 0.2) is 0 Å². The first kappa shape index (κ1) is 18.1.